The normalized spacial score (nSPS) is 13.7. The number of carbonyl (C=O) groups is 1. The number of carbonyl (C=O) groups excluding carboxylic acids is 1. The van der Waals surface area contributed by atoms with Gasteiger partial charge in [0.05, 0.1) is 5.56 Å². The highest BCUT2D eigenvalue weighted by Gasteiger charge is 2.11. The highest BCUT2D eigenvalue weighted by atomic mass is 16.2. The molecule has 0 aliphatic carbocycles. The first kappa shape index (κ1) is 17.7. The summed E-state index contributed by atoms with van der Waals surface area (Å²) in [5.41, 5.74) is 7.62. The summed E-state index contributed by atoms with van der Waals surface area (Å²) in [6.07, 6.45) is 5.65. The number of nitrogens with zero attached hydrogens (tertiary/aromatic N) is 3. The summed E-state index contributed by atoms with van der Waals surface area (Å²) < 4.78 is 0. The Labute approximate surface area is 153 Å². The van der Waals surface area contributed by atoms with Crippen LogP contribution in [0.1, 0.15) is 24.0 Å². The maximum Gasteiger partial charge on any atom is 0.319 e. The number of nitrogens with one attached hydrogen (secondary N) is 2. The molecule has 1 aliphatic rings. The zero-order chi connectivity index (χ0) is 18.2. The summed E-state index contributed by atoms with van der Waals surface area (Å²) in [5.74, 6) is 6.21. The van der Waals surface area contributed by atoms with Crippen molar-refractivity contribution in [2.45, 2.75) is 12.8 Å². The molecule has 0 saturated carbocycles. The van der Waals surface area contributed by atoms with Gasteiger partial charge in [0, 0.05) is 36.7 Å². The van der Waals surface area contributed by atoms with Crippen molar-refractivity contribution in [1.29, 1.82) is 0 Å². The van der Waals surface area contributed by atoms with Crippen LogP contribution in [0, 0.1) is 11.8 Å². The standard InChI is InChI=1S/C19H22N6O/c20-18-22-13-16(14-23-18)7-6-15-4-3-5-17(12-15)24-19(26)21-8-11-25-9-1-2-10-25/h3-5,12-14H,1-2,8-11H2,(H2,20,22,23)(H2,21,24,26). The first-order valence-electron chi connectivity index (χ1n) is 8.66. The Kier molecular flexibility index (Phi) is 6.01. The van der Waals surface area contributed by atoms with E-state index in [9.17, 15) is 4.79 Å². The van der Waals surface area contributed by atoms with E-state index in [2.05, 4.69) is 37.3 Å². The maximum absolute atomic E-state index is 12.0. The fourth-order valence-corrected chi connectivity index (χ4v) is 2.73. The van der Waals surface area contributed by atoms with Crippen molar-refractivity contribution < 1.29 is 4.79 Å². The second-order valence-corrected chi connectivity index (χ2v) is 6.09. The quantitative estimate of drug-likeness (QED) is 0.729. The summed E-state index contributed by atoms with van der Waals surface area (Å²) in [4.78, 5) is 22.2. The van der Waals surface area contributed by atoms with Crippen LogP contribution < -0.4 is 16.4 Å². The highest BCUT2D eigenvalue weighted by molar-refractivity contribution is 5.89. The molecule has 3 rings (SSSR count). The van der Waals surface area contributed by atoms with Crippen LogP contribution in [-0.4, -0.2) is 47.1 Å². The summed E-state index contributed by atoms with van der Waals surface area (Å²) in [5, 5.41) is 5.72. The Hall–Kier alpha value is -3.11. The number of hydrogen-bond donors (Lipinski definition) is 3. The third-order valence-corrected chi connectivity index (χ3v) is 4.06. The van der Waals surface area contributed by atoms with Gasteiger partial charge in [-0.2, -0.15) is 0 Å². The van der Waals surface area contributed by atoms with Gasteiger partial charge in [0.25, 0.3) is 0 Å². The van der Waals surface area contributed by atoms with Crippen LogP contribution in [0.15, 0.2) is 36.7 Å². The lowest BCUT2D eigenvalue weighted by Gasteiger charge is -2.15. The number of nitrogens with two attached hydrogens (primary N) is 1. The number of amides is 2. The van der Waals surface area contributed by atoms with E-state index < -0.39 is 0 Å². The van der Waals surface area contributed by atoms with E-state index in [1.165, 1.54) is 12.8 Å². The van der Waals surface area contributed by atoms with Gasteiger partial charge >= 0.3 is 6.03 Å². The van der Waals surface area contributed by atoms with Gasteiger partial charge in [0.2, 0.25) is 5.95 Å². The molecule has 7 nitrogen and oxygen atoms in total. The lowest BCUT2D eigenvalue weighted by atomic mass is 10.2. The molecule has 2 heterocycles. The summed E-state index contributed by atoms with van der Waals surface area (Å²) in [6, 6.07) is 7.18. The number of nitrogen functional groups attached to an aromatic ring is 1. The molecule has 0 bridgehead atoms. The number of benzene rings is 1. The topological polar surface area (TPSA) is 96.2 Å². The number of anilines is 2. The molecule has 2 aromatic rings. The Morgan fingerprint density at radius 3 is 2.65 bits per heavy atom. The van der Waals surface area contributed by atoms with Gasteiger partial charge in [-0.15, -0.1) is 0 Å². The van der Waals surface area contributed by atoms with Crippen molar-refractivity contribution >= 4 is 17.7 Å². The first-order valence-corrected chi connectivity index (χ1v) is 8.66. The molecule has 2 amide bonds. The van der Waals surface area contributed by atoms with Crippen LogP contribution in [0.2, 0.25) is 0 Å². The van der Waals surface area contributed by atoms with Gasteiger partial charge < -0.3 is 21.3 Å². The monoisotopic (exact) mass is 350 g/mol. The predicted molar refractivity (Wildman–Crippen MR) is 102 cm³/mol. The van der Waals surface area contributed by atoms with Crippen molar-refractivity contribution in [3.63, 3.8) is 0 Å². The zero-order valence-corrected chi connectivity index (χ0v) is 14.5. The highest BCUT2D eigenvalue weighted by Crippen LogP contribution is 2.10. The molecule has 26 heavy (non-hydrogen) atoms. The molecule has 0 atom stereocenters. The van der Waals surface area contributed by atoms with E-state index in [-0.39, 0.29) is 12.0 Å². The fourth-order valence-electron chi connectivity index (χ4n) is 2.73. The van der Waals surface area contributed by atoms with Crippen molar-refractivity contribution in [2.24, 2.45) is 0 Å². The molecule has 1 saturated heterocycles. The SMILES string of the molecule is Nc1ncc(C#Cc2cccc(NC(=O)NCCN3CCCC3)c2)cn1. The van der Waals surface area contributed by atoms with Gasteiger partial charge in [-0.05, 0) is 44.1 Å². The lowest BCUT2D eigenvalue weighted by molar-refractivity contribution is 0.249. The molecule has 1 fully saturated rings. The number of likely N-dealkylation sites (tertiary alicyclic amines) is 1. The van der Waals surface area contributed by atoms with Crippen LogP contribution in [0.25, 0.3) is 0 Å². The van der Waals surface area contributed by atoms with E-state index in [1.807, 2.05) is 24.3 Å². The van der Waals surface area contributed by atoms with Gasteiger partial charge in [0.1, 0.15) is 0 Å². The Morgan fingerprint density at radius 2 is 1.88 bits per heavy atom. The molecule has 1 aromatic carbocycles. The van der Waals surface area contributed by atoms with Gasteiger partial charge in [-0.25, -0.2) is 14.8 Å². The first-order chi connectivity index (χ1) is 12.7. The Morgan fingerprint density at radius 1 is 1.15 bits per heavy atom. The molecule has 1 aromatic heterocycles. The van der Waals surface area contributed by atoms with Crippen LogP contribution in [0.5, 0.6) is 0 Å². The summed E-state index contributed by atoms with van der Waals surface area (Å²) >= 11 is 0. The van der Waals surface area contributed by atoms with Gasteiger partial charge in [0.15, 0.2) is 0 Å². The molecule has 0 radical (unpaired) electrons. The molecular formula is C19H22N6O. The maximum atomic E-state index is 12.0. The fraction of sp³-hybridized carbons (Fsp3) is 0.316. The smallest absolute Gasteiger partial charge is 0.319 e. The van der Waals surface area contributed by atoms with Crippen LogP contribution in [-0.2, 0) is 0 Å². The van der Waals surface area contributed by atoms with E-state index in [4.69, 9.17) is 5.73 Å². The second-order valence-electron chi connectivity index (χ2n) is 6.09. The van der Waals surface area contributed by atoms with E-state index in [1.54, 1.807) is 12.4 Å². The third kappa shape index (κ3) is 5.46. The Bertz CT molecular complexity index is 803. The van der Waals surface area contributed by atoms with E-state index in [0.717, 1.165) is 25.2 Å². The van der Waals surface area contributed by atoms with E-state index >= 15 is 0 Å². The van der Waals surface area contributed by atoms with Crippen molar-refractivity contribution in [1.82, 2.24) is 20.2 Å². The minimum Gasteiger partial charge on any atom is -0.368 e. The minimum atomic E-state index is -0.207. The number of hydrogen-bond acceptors (Lipinski definition) is 5. The molecule has 0 unspecified atom stereocenters. The third-order valence-electron chi connectivity index (χ3n) is 4.06. The lowest BCUT2D eigenvalue weighted by Crippen LogP contribution is -2.35. The average Bonchev–Trinajstić information content (AvgIpc) is 3.15. The second kappa shape index (κ2) is 8.83. The molecule has 4 N–H and O–H groups in total. The molecule has 1 aliphatic heterocycles. The van der Waals surface area contributed by atoms with Crippen LogP contribution in [0.3, 0.4) is 0 Å². The molecule has 7 heteroatoms. The number of urea groups is 1. The predicted octanol–water partition coefficient (Wildman–Crippen LogP) is 1.68. The minimum absolute atomic E-state index is 0.207. The van der Waals surface area contributed by atoms with E-state index in [0.29, 0.717) is 17.8 Å². The van der Waals surface area contributed by atoms with Gasteiger partial charge in [-0.3, -0.25) is 0 Å². The van der Waals surface area contributed by atoms with Crippen molar-refractivity contribution in [3.05, 3.63) is 47.8 Å². The number of aromatic nitrogens is 2. The molecule has 0 spiro atoms. The summed E-state index contributed by atoms with van der Waals surface area (Å²) in [7, 11) is 0. The summed E-state index contributed by atoms with van der Waals surface area (Å²) in [6.45, 7) is 3.79. The van der Waals surface area contributed by atoms with Crippen molar-refractivity contribution in [2.75, 3.05) is 37.2 Å². The average molecular weight is 350 g/mol. The van der Waals surface area contributed by atoms with Crippen LogP contribution in [0.4, 0.5) is 16.4 Å². The number of rotatable bonds is 4. The molecule has 134 valence electrons. The zero-order valence-electron chi connectivity index (χ0n) is 14.5. The Balaban J connectivity index is 1.52. The largest absolute Gasteiger partial charge is 0.368 e. The van der Waals surface area contributed by atoms with Crippen LogP contribution >= 0.6 is 0 Å². The van der Waals surface area contributed by atoms with Gasteiger partial charge in [-0.1, -0.05) is 17.9 Å². The van der Waals surface area contributed by atoms with Crippen molar-refractivity contribution in [3.8, 4) is 11.8 Å². The molecular weight excluding hydrogens is 328 g/mol.